The second kappa shape index (κ2) is 5.38. The van der Waals surface area contributed by atoms with Crippen LogP contribution in [0.1, 0.15) is 40.0 Å². The predicted molar refractivity (Wildman–Crippen MR) is 62.8 cm³/mol. The fourth-order valence-corrected chi connectivity index (χ4v) is 2.29. The summed E-state index contributed by atoms with van der Waals surface area (Å²) in [6.07, 6.45) is 3.61. The summed E-state index contributed by atoms with van der Waals surface area (Å²) in [6, 6.07) is 0.451. The lowest BCUT2D eigenvalue weighted by atomic mass is 9.80. The lowest BCUT2D eigenvalue weighted by molar-refractivity contribution is 0.184. The standard InChI is InChI=1S/C12H24N2O/c1-5-14(4)12(15)13-11-7-6-9(2)8-10(11)3/h9-11H,5-8H2,1-4H3,(H,13,15). The van der Waals surface area contributed by atoms with E-state index in [4.69, 9.17) is 0 Å². The highest BCUT2D eigenvalue weighted by molar-refractivity contribution is 5.74. The minimum Gasteiger partial charge on any atom is -0.335 e. The molecule has 2 amide bonds. The maximum atomic E-state index is 11.7. The van der Waals surface area contributed by atoms with E-state index in [-0.39, 0.29) is 6.03 Å². The lowest BCUT2D eigenvalue weighted by Crippen LogP contribution is -2.47. The monoisotopic (exact) mass is 212 g/mol. The number of hydrogen-bond acceptors (Lipinski definition) is 1. The molecule has 1 saturated carbocycles. The van der Waals surface area contributed by atoms with Crippen molar-refractivity contribution >= 4 is 6.03 Å². The van der Waals surface area contributed by atoms with Gasteiger partial charge in [-0.25, -0.2) is 4.79 Å². The molecule has 1 aliphatic carbocycles. The number of urea groups is 1. The summed E-state index contributed by atoms with van der Waals surface area (Å²) in [5.74, 6) is 1.43. The summed E-state index contributed by atoms with van der Waals surface area (Å²) in [7, 11) is 1.84. The molecule has 0 aliphatic heterocycles. The van der Waals surface area contributed by atoms with Crippen molar-refractivity contribution in [3.8, 4) is 0 Å². The molecule has 3 nitrogen and oxygen atoms in total. The molecule has 1 fully saturated rings. The summed E-state index contributed by atoms with van der Waals surface area (Å²) >= 11 is 0. The van der Waals surface area contributed by atoms with Crippen molar-refractivity contribution in [2.45, 2.75) is 46.1 Å². The molecule has 88 valence electrons. The van der Waals surface area contributed by atoms with Crippen LogP contribution in [0, 0.1) is 11.8 Å². The third kappa shape index (κ3) is 3.40. The van der Waals surface area contributed by atoms with Crippen LogP contribution in [-0.4, -0.2) is 30.6 Å². The Hall–Kier alpha value is -0.730. The van der Waals surface area contributed by atoms with Crippen LogP contribution >= 0.6 is 0 Å². The van der Waals surface area contributed by atoms with Gasteiger partial charge in [0.25, 0.3) is 0 Å². The van der Waals surface area contributed by atoms with Gasteiger partial charge in [0.1, 0.15) is 0 Å². The summed E-state index contributed by atoms with van der Waals surface area (Å²) < 4.78 is 0. The van der Waals surface area contributed by atoms with E-state index in [1.54, 1.807) is 4.90 Å². The number of rotatable bonds is 2. The zero-order valence-corrected chi connectivity index (χ0v) is 10.4. The maximum Gasteiger partial charge on any atom is 0.317 e. The van der Waals surface area contributed by atoms with E-state index < -0.39 is 0 Å². The highest BCUT2D eigenvalue weighted by atomic mass is 16.2. The summed E-state index contributed by atoms with van der Waals surface area (Å²) in [5, 5.41) is 3.13. The minimum atomic E-state index is 0.0731. The molecule has 15 heavy (non-hydrogen) atoms. The first-order chi connectivity index (χ1) is 7.04. The molecule has 3 heteroatoms. The van der Waals surface area contributed by atoms with Gasteiger partial charge >= 0.3 is 6.03 Å². The fraction of sp³-hybridized carbons (Fsp3) is 0.917. The molecular formula is C12H24N2O. The molecule has 0 aromatic carbocycles. The first-order valence-corrected chi connectivity index (χ1v) is 6.06. The molecule has 3 unspecified atom stereocenters. The van der Waals surface area contributed by atoms with E-state index in [1.165, 1.54) is 12.8 Å². The van der Waals surface area contributed by atoms with Gasteiger partial charge in [0.2, 0.25) is 0 Å². The van der Waals surface area contributed by atoms with Gasteiger partial charge in [-0.2, -0.15) is 0 Å². The lowest BCUT2D eigenvalue weighted by Gasteiger charge is -2.34. The summed E-state index contributed by atoms with van der Waals surface area (Å²) in [6.45, 7) is 7.30. The third-order valence-corrected chi connectivity index (χ3v) is 3.56. The second-order valence-corrected chi connectivity index (χ2v) is 4.97. The van der Waals surface area contributed by atoms with Gasteiger partial charge in [0, 0.05) is 19.6 Å². The van der Waals surface area contributed by atoms with Crippen LogP contribution in [0.15, 0.2) is 0 Å². The Morgan fingerprint density at radius 3 is 2.60 bits per heavy atom. The molecule has 0 spiro atoms. The van der Waals surface area contributed by atoms with E-state index in [9.17, 15) is 4.79 Å². The zero-order chi connectivity index (χ0) is 11.4. The normalized spacial score (nSPS) is 31.1. The number of nitrogens with zero attached hydrogens (tertiary/aromatic N) is 1. The van der Waals surface area contributed by atoms with Crippen LogP contribution in [0.4, 0.5) is 4.79 Å². The maximum absolute atomic E-state index is 11.7. The Labute approximate surface area is 93.2 Å². The van der Waals surface area contributed by atoms with Crippen molar-refractivity contribution in [2.24, 2.45) is 11.8 Å². The summed E-state index contributed by atoms with van der Waals surface area (Å²) in [4.78, 5) is 13.4. The number of carbonyl (C=O) groups is 1. The van der Waals surface area contributed by atoms with Gasteiger partial charge in [-0.05, 0) is 38.0 Å². The molecule has 1 N–H and O–H groups in total. The highest BCUT2D eigenvalue weighted by Crippen LogP contribution is 2.28. The molecule has 0 aromatic heterocycles. The van der Waals surface area contributed by atoms with Gasteiger partial charge < -0.3 is 10.2 Å². The zero-order valence-electron chi connectivity index (χ0n) is 10.4. The minimum absolute atomic E-state index is 0.0731. The van der Waals surface area contributed by atoms with Crippen molar-refractivity contribution in [1.82, 2.24) is 10.2 Å². The highest BCUT2D eigenvalue weighted by Gasteiger charge is 2.26. The molecule has 1 rings (SSSR count). The van der Waals surface area contributed by atoms with Crippen LogP contribution in [0.3, 0.4) is 0 Å². The average Bonchev–Trinajstić information content (AvgIpc) is 2.20. The van der Waals surface area contributed by atoms with Crippen LogP contribution < -0.4 is 5.32 Å². The largest absolute Gasteiger partial charge is 0.335 e. The Bertz CT molecular complexity index is 218. The van der Waals surface area contributed by atoms with E-state index in [0.717, 1.165) is 18.9 Å². The van der Waals surface area contributed by atoms with Crippen LogP contribution in [-0.2, 0) is 0 Å². The molecule has 3 atom stereocenters. The molecule has 0 aromatic rings. The van der Waals surface area contributed by atoms with Crippen molar-refractivity contribution < 1.29 is 4.79 Å². The third-order valence-electron chi connectivity index (χ3n) is 3.56. The first-order valence-electron chi connectivity index (χ1n) is 6.06. The van der Waals surface area contributed by atoms with Crippen LogP contribution in [0.25, 0.3) is 0 Å². The van der Waals surface area contributed by atoms with E-state index in [0.29, 0.717) is 12.0 Å². The van der Waals surface area contributed by atoms with Crippen molar-refractivity contribution in [1.29, 1.82) is 0 Å². The second-order valence-electron chi connectivity index (χ2n) is 4.97. The molecule has 0 bridgehead atoms. The molecule has 0 radical (unpaired) electrons. The summed E-state index contributed by atoms with van der Waals surface area (Å²) in [5.41, 5.74) is 0. The smallest absolute Gasteiger partial charge is 0.317 e. The predicted octanol–water partition coefficient (Wildman–Crippen LogP) is 2.47. The van der Waals surface area contributed by atoms with E-state index in [2.05, 4.69) is 19.2 Å². The van der Waals surface area contributed by atoms with Crippen molar-refractivity contribution in [3.05, 3.63) is 0 Å². The molecule has 0 heterocycles. The van der Waals surface area contributed by atoms with Crippen LogP contribution in [0.5, 0.6) is 0 Å². The first kappa shape index (κ1) is 12.3. The van der Waals surface area contributed by atoms with Gasteiger partial charge in [0.05, 0.1) is 0 Å². The Morgan fingerprint density at radius 1 is 1.40 bits per heavy atom. The quantitative estimate of drug-likeness (QED) is 0.749. The van der Waals surface area contributed by atoms with Crippen LogP contribution in [0.2, 0.25) is 0 Å². The van der Waals surface area contributed by atoms with Crippen molar-refractivity contribution in [2.75, 3.05) is 13.6 Å². The van der Waals surface area contributed by atoms with Gasteiger partial charge in [-0.3, -0.25) is 0 Å². The SMILES string of the molecule is CCN(C)C(=O)NC1CCC(C)CC1C. The topological polar surface area (TPSA) is 32.3 Å². The molecular weight excluding hydrogens is 188 g/mol. The molecule has 1 aliphatic rings. The number of amides is 2. The van der Waals surface area contributed by atoms with Crippen molar-refractivity contribution in [3.63, 3.8) is 0 Å². The van der Waals surface area contributed by atoms with Gasteiger partial charge in [-0.1, -0.05) is 13.8 Å². The van der Waals surface area contributed by atoms with Gasteiger partial charge in [0.15, 0.2) is 0 Å². The average molecular weight is 212 g/mol. The van der Waals surface area contributed by atoms with E-state index in [1.807, 2.05) is 14.0 Å². The molecule has 0 saturated heterocycles. The van der Waals surface area contributed by atoms with E-state index >= 15 is 0 Å². The number of carbonyl (C=O) groups excluding carboxylic acids is 1. The Kier molecular flexibility index (Phi) is 4.43. The number of hydrogen-bond donors (Lipinski definition) is 1. The van der Waals surface area contributed by atoms with Gasteiger partial charge in [-0.15, -0.1) is 0 Å². The Morgan fingerprint density at radius 2 is 2.07 bits per heavy atom. The number of nitrogens with one attached hydrogen (secondary N) is 1. The Balaban J connectivity index is 2.41. The fourth-order valence-electron chi connectivity index (χ4n) is 2.29.